The maximum Gasteiger partial charge on any atom is 0.160 e. The van der Waals surface area contributed by atoms with E-state index in [4.69, 9.17) is 22.9 Å². The van der Waals surface area contributed by atoms with E-state index in [1.54, 1.807) is 11.3 Å². The Morgan fingerprint density at radius 3 is 3.05 bits per heavy atom. The molecule has 3 rings (SSSR count). The van der Waals surface area contributed by atoms with Gasteiger partial charge in [-0.15, -0.1) is 11.3 Å². The highest BCUT2D eigenvalue weighted by atomic mass is 32.1. The van der Waals surface area contributed by atoms with E-state index in [-0.39, 0.29) is 0 Å². The number of rotatable bonds is 4. The molecule has 4 nitrogen and oxygen atoms in total. The van der Waals surface area contributed by atoms with Crippen LogP contribution in [0.1, 0.15) is 12.0 Å². The van der Waals surface area contributed by atoms with E-state index in [0.717, 1.165) is 27.4 Å². The molecule has 0 aliphatic rings. The lowest BCUT2D eigenvalue weighted by atomic mass is 10.3. The number of aromatic nitrogens is 3. The van der Waals surface area contributed by atoms with E-state index in [9.17, 15) is 0 Å². The van der Waals surface area contributed by atoms with Gasteiger partial charge in [-0.2, -0.15) is 0 Å². The molecule has 6 heteroatoms. The Labute approximate surface area is 126 Å². The predicted octanol–water partition coefficient (Wildman–Crippen LogP) is 3.14. The number of nitrogens with two attached hydrogens (primary N) is 1. The van der Waals surface area contributed by atoms with Crippen molar-refractivity contribution >= 4 is 39.7 Å². The Balaban J connectivity index is 2.16. The van der Waals surface area contributed by atoms with Gasteiger partial charge in [0, 0.05) is 19.2 Å². The lowest BCUT2D eigenvalue weighted by molar-refractivity contribution is 0.750. The molecule has 0 saturated carbocycles. The standard InChI is InChI=1S/C14H14N4S2/c1-9-7-10-13(16-8-9)18(5-4-12(15)19)14(17-10)11-3-2-6-20-11/h2-3,6-8H,4-5H2,1H3,(H2,15,19). The van der Waals surface area contributed by atoms with Crippen molar-refractivity contribution in [2.75, 3.05) is 0 Å². The SMILES string of the molecule is Cc1cnc2c(c1)nc(-c1cccs1)n2CCC(N)=S. The monoisotopic (exact) mass is 302 g/mol. The molecule has 3 heterocycles. The number of thiocarbonyl (C=S) groups is 1. The van der Waals surface area contributed by atoms with E-state index in [1.165, 1.54) is 0 Å². The first-order valence-electron chi connectivity index (χ1n) is 6.30. The molecule has 102 valence electrons. The maximum absolute atomic E-state index is 5.63. The van der Waals surface area contributed by atoms with E-state index in [0.29, 0.717) is 18.0 Å². The second kappa shape index (κ2) is 5.30. The third-order valence-corrected chi connectivity index (χ3v) is 4.11. The predicted molar refractivity (Wildman–Crippen MR) is 87.0 cm³/mol. The lowest BCUT2D eigenvalue weighted by Gasteiger charge is -2.06. The fourth-order valence-electron chi connectivity index (χ4n) is 2.14. The fourth-order valence-corrected chi connectivity index (χ4v) is 2.95. The summed E-state index contributed by atoms with van der Waals surface area (Å²) < 4.78 is 2.10. The summed E-state index contributed by atoms with van der Waals surface area (Å²) >= 11 is 6.65. The van der Waals surface area contributed by atoms with Crippen LogP contribution in [0, 0.1) is 6.92 Å². The average molecular weight is 302 g/mol. The number of imidazole rings is 1. The Hall–Kier alpha value is -1.79. The molecule has 0 saturated heterocycles. The van der Waals surface area contributed by atoms with E-state index in [1.807, 2.05) is 24.6 Å². The first kappa shape index (κ1) is 13.2. The molecule has 0 aliphatic carbocycles. The molecule has 0 amide bonds. The summed E-state index contributed by atoms with van der Waals surface area (Å²) in [6, 6.07) is 6.14. The van der Waals surface area contributed by atoms with Crippen LogP contribution in [0.4, 0.5) is 0 Å². The van der Waals surface area contributed by atoms with Gasteiger partial charge in [0.05, 0.1) is 9.87 Å². The molecule has 2 N–H and O–H groups in total. The molecule has 0 radical (unpaired) electrons. The third kappa shape index (κ3) is 2.44. The second-order valence-corrected chi connectivity index (χ2v) is 6.11. The molecular formula is C14H14N4S2. The van der Waals surface area contributed by atoms with Crippen molar-refractivity contribution in [3.05, 3.63) is 35.3 Å². The van der Waals surface area contributed by atoms with Crippen molar-refractivity contribution in [2.45, 2.75) is 19.9 Å². The van der Waals surface area contributed by atoms with Gasteiger partial charge < -0.3 is 10.3 Å². The molecule has 0 unspecified atom stereocenters. The van der Waals surface area contributed by atoms with Crippen LogP contribution in [-0.4, -0.2) is 19.5 Å². The van der Waals surface area contributed by atoms with Gasteiger partial charge in [-0.25, -0.2) is 9.97 Å². The minimum absolute atomic E-state index is 0.510. The largest absolute Gasteiger partial charge is 0.393 e. The van der Waals surface area contributed by atoms with Crippen molar-refractivity contribution in [1.29, 1.82) is 0 Å². The van der Waals surface area contributed by atoms with Crippen LogP contribution in [0.5, 0.6) is 0 Å². The van der Waals surface area contributed by atoms with Gasteiger partial charge >= 0.3 is 0 Å². The molecule has 0 atom stereocenters. The van der Waals surface area contributed by atoms with Gasteiger partial charge in [0.15, 0.2) is 11.5 Å². The minimum Gasteiger partial charge on any atom is -0.393 e. The number of hydrogen-bond acceptors (Lipinski definition) is 4. The topological polar surface area (TPSA) is 56.7 Å². The van der Waals surface area contributed by atoms with Crippen LogP contribution < -0.4 is 5.73 Å². The van der Waals surface area contributed by atoms with Crippen molar-refractivity contribution in [3.63, 3.8) is 0 Å². The first-order chi connectivity index (χ1) is 9.65. The number of thiophene rings is 1. The number of fused-ring (bicyclic) bond motifs is 1. The van der Waals surface area contributed by atoms with Crippen LogP contribution in [0.2, 0.25) is 0 Å². The summed E-state index contributed by atoms with van der Waals surface area (Å²) in [4.78, 5) is 10.9. The average Bonchev–Trinajstić information content (AvgIpc) is 3.02. The van der Waals surface area contributed by atoms with Crippen LogP contribution in [0.15, 0.2) is 29.8 Å². The summed E-state index contributed by atoms with van der Waals surface area (Å²) in [7, 11) is 0. The van der Waals surface area contributed by atoms with Gasteiger partial charge in [-0.1, -0.05) is 18.3 Å². The smallest absolute Gasteiger partial charge is 0.160 e. The van der Waals surface area contributed by atoms with Crippen molar-refractivity contribution in [1.82, 2.24) is 14.5 Å². The quantitative estimate of drug-likeness (QED) is 0.752. The third-order valence-electron chi connectivity index (χ3n) is 3.05. The van der Waals surface area contributed by atoms with E-state index < -0.39 is 0 Å². The van der Waals surface area contributed by atoms with Crippen LogP contribution in [0.3, 0.4) is 0 Å². The summed E-state index contributed by atoms with van der Waals surface area (Å²) in [6.07, 6.45) is 2.51. The highest BCUT2D eigenvalue weighted by molar-refractivity contribution is 7.80. The van der Waals surface area contributed by atoms with Crippen molar-refractivity contribution < 1.29 is 0 Å². The van der Waals surface area contributed by atoms with Crippen LogP contribution in [0.25, 0.3) is 21.9 Å². The highest BCUT2D eigenvalue weighted by Crippen LogP contribution is 2.27. The van der Waals surface area contributed by atoms with Crippen LogP contribution in [-0.2, 0) is 6.54 Å². The zero-order chi connectivity index (χ0) is 14.1. The van der Waals surface area contributed by atoms with Gasteiger partial charge in [0.2, 0.25) is 0 Å². The number of aryl methyl sites for hydroxylation is 2. The maximum atomic E-state index is 5.63. The van der Waals surface area contributed by atoms with Crippen molar-refractivity contribution in [2.24, 2.45) is 5.73 Å². The Morgan fingerprint density at radius 1 is 1.50 bits per heavy atom. The second-order valence-electron chi connectivity index (χ2n) is 4.64. The fraction of sp³-hybridized carbons (Fsp3) is 0.214. The van der Waals surface area contributed by atoms with Gasteiger partial charge in [-0.3, -0.25) is 0 Å². The van der Waals surface area contributed by atoms with Crippen molar-refractivity contribution in [3.8, 4) is 10.7 Å². The zero-order valence-electron chi connectivity index (χ0n) is 11.0. The van der Waals surface area contributed by atoms with Crippen LogP contribution >= 0.6 is 23.6 Å². The Kier molecular flexibility index (Phi) is 3.50. The number of hydrogen-bond donors (Lipinski definition) is 1. The highest BCUT2D eigenvalue weighted by Gasteiger charge is 2.14. The summed E-state index contributed by atoms with van der Waals surface area (Å²) in [6.45, 7) is 2.72. The number of pyridine rings is 1. The number of nitrogens with zero attached hydrogens (tertiary/aromatic N) is 3. The van der Waals surface area contributed by atoms with E-state index in [2.05, 4.69) is 21.7 Å². The Morgan fingerprint density at radius 2 is 2.35 bits per heavy atom. The summed E-state index contributed by atoms with van der Waals surface area (Å²) in [5.41, 5.74) is 8.53. The summed E-state index contributed by atoms with van der Waals surface area (Å²) in [5, 5.41) is 2.05. The molecule has 0 fully saturated rings. The molecule has 0 aromatic carbocycles. The molecule has 3 aromatic heterocycles. The zero-order valence-corrected chi connectivity index (χ0v) is 12.7. The normalized spacial score (nSPS) is 11.1. The van der Waals surface area contributed by atoms with Gasteiger partial charge in [0.25, 0.3) is 0 Å². The molecule has 0 aliphatic heterocycles. The molecule has 20 heavy (non-hydrogen) atoms. The first-order valence-corrected chi connectivity index (χ1v) is 7.59. The van der Waals surface area contributed by atoms with Gasteiger partial charge in [-0.05, 0) is 30.0 Å². The molecule has 3 aromatic rings. The Bertz CT molecular complexity index is 759. The van der Waals surface area contributed by atoms with Gasteiger partial charge in [0.1, 0.15) is 5.52 Å². The minimum atomic E-state index is 0.510. The molecule has 0 bridgehead atoms. The van der Waals surface area contributed by atoms with E-state index >= 15 is 0 Å². The summed E-state index contributed by atoms with van der Waals surface area (Å²) in [5.74, 6) is 0.935. The molecular weight excluding hydrogens is 288 g/mol. The lowest BCUT2D eigenvalue weighted by Crippen LogP contribution is -2.12. The molecule has 0 spiro atoms.